The zero-order chi connectivity index (χ0) is 27.9. The summed E-state index contributed by atoms with van der Waals surface area (Å²) in [7, 11) is -2.09. The Morgan fingerprint density at radius 2 is 1.77 bits per heavy atom. The van der Waals surface area contributed by atoms with Crippen molar-refractivity contribution in [1.29, 1.82) is 0 Å². The number of ether oxygens (including phenoxy) is 1. The molecule has 1 amide bonds. The van der Waals surface area contributed by atoms with Crippen LogP contribution in [-0.2, 0) is 27.8 Å². The number of nitrogens with zero attached hydrogens (tertiary/aromatic N) is 4. The third kappa shape index (κ3) is 5.38. The summed E-state index contributed by atoms with van der Waals surface area (Å²) < 4.78 is 71.6. The van der Waals surface area contributed by atoms with Crippen LogP contribution in [0.1, 0.15) is 17.5 Å². The predicted molar refractivity (Wildman–Crippen MR) is 137 cm³/mol. The number of hydrogen-bond donors (Lipinski definition) is 0. The maximum absolute atomic E-state index is 13.6. The Morgan fingerprint density at radius 1 is 1.05 bits per heavy atom. The number of pyridine rings is 1. The van der Waals surface area contributed by atoms with Gasteiger partial charge in [0.25, 0.3) is 0 Å². The highest BCUT2D eigenvalue weighted by Crippen LogP contribution is 2.40. The molecular formula is C26H31F3N4O5S. The predicted octanol–water partition coefficient (Wildman–Crippen LogP) is 2.70. The number of rotatable bonds is 5. The van der Waals surface area contributed by atoms with Gasteiger partial charge in [0.05, 0.1) is 13.0 Å². The summed E-state index contributed by atoms with van der Waals surface area (Å²) in [4.78, 5) is 23.3. The molecule has 0 saturated carbocycles. The van der Waals surface area contributed by atoms with Crippen molar-refractivity contribution in [1.82, 2.24) is 14.8 Å². The minimum Gasteiger partial charge on any atom is -0.496 e. The number of alkyl halides is 3. The molecule has 0 unspecified atom stereocenters. The number of aromatic nitrogens is 1. The lowest BCUT2D eigenvalue weighted by Crippen LogP contribution is -2.56. The molecule has 39 heavy (non-hydrogen) atoms. The van der Waals surface area contributed by atoms with E-state index >= 15 is 0 Å². The molecule has 1 aliphatic carbocycles. The number of methoxy groups -OCH3 is 1. The van der Waals surface area contributed by atoms with Crippen molar-refractivity contribution >= 4 is 21.8 Å². The van der Waals surface area contributed by atoms with E-state index in [1.807, 2.05) is 12.1 Å². The van der Waals surface area contributed by atoms with Crippen molar-refractivity contribution in [3.8, 4) is 11.5 Å². The molecule has 2 fully saturated rings. The number of carbonyl (C=O) groups is 1. The van der Waals surface area contributed by atoms with E-state index in [-0.39, 0.29) is 30.7 Å². The second-order valence-corrected chi connectivity index (χ2v) is 11.9. The minimum absolute atomic E-state index is 0.00696. The molecule has 2 aromatic rings. The van der Waals surface area contributed by atoms with E-state index in [1.165, 1.54) is 23.4 Å². The zero-order valence-electron chi connectivity index (χ0n) is 21.7. The third-order valence-corrected chi connectivity index (χ3v) is 8.99. The Morgan fingerprint density at radius 3 is 2.46 bits per heavy atom. The second-order valence-electron chi connectivity index (χ2n) is 10.3. The number of halogens is 3. The fourth-order valence-electron chi connectivity index (χ4n) is 6.12. The van der Waals surface area contributed by atoms with Crippen LogP contribution in [0.2, 0.25) is 0 Å². The summed E-state index contributed by atoms with van der Waals surface area (Å²) in [5.74, 6) is 0.605. The van der Waals surface area contributed by atoms with Gasteiger partial charge in [0, 0.05) is 45.0 Å². The highest BCUT2D eigenvalue weighted by molar-refractivity contribution is 7.88. The first-order valence-corrected chi connectivity index (χ1v) is 14.2. The summed E-state index contributed by atoms with van der Waals surface area (Å²) in [6.45, 7) is 1.90. The first-order valence-electron chi connectivity index (χ1n) is 12.8. The van der Waals surface area contributed by atoms with Crippen LogP contribution in [0.4, 0.5) is 19.0 Å². The van der Waals surface area contributed by atoms with E-state index < -0.39 is 21.4 Å². The number of benzene rings is 1. The van der Waals surface area contributed by atoms with Crippen LogP contribution in [0, 0.1) is 11.8 Å². The molecule has 212 valence electrons. The molecule has 1 aromatic carbocycles. The Balaban J connectivity index is 1.24. The van der Waals surface area contributed by atoms with Gasteiger partial charge >= 0.3 is 15.6 Å². The van der Waals surface area contributed by atoms with Crippen molar-refractivity contribution in [3.63, 3.8) is 0 Å². The minimum atomic E-state index is -5.83. The van der Waals surface area contributed by atoms with Crippen molar-refractivity contribution in [2.45, 2.75) is 30.8 Å². The molecule has 1 aromatic heterocycles. The van der Waals surface area contributed by atoms with Crippen molar-refractivity contribution in [2.24, 2.45) is 11.8 Å². The Kier molecular flexibility index (Phi) is 7.40. The summed E-state index contributed by atoms with van der Waals surface area (Å²) >= 11 is 0. The van der Waals surface area contributed by atoms with Crippen LogP contribution in [0.5, 0.6) is 11.5 Å². The van der Waals surface area contributed by atoms with Crippen LogP contribution in [0.25, 0.3) is 0 Å². The van der Waals surface area contributed by atoms with E-state index in [1.54, 1.807) is 16.9 Å². The number of amides is 1. The van der Waals surface area contributed by atoms with E-state index in [9.17, 15) is 26.4 Å². The molecule has 3 aliphatic rings. The highest BCUT2D eigenvalue weighted by Gasteiger charge is 2.49. The number of piperazine rings is 1. The fourth-order valence-corrected chi connectivity index (χ4v) is 6.58. The number of anilines is 1. The topological polar surface area (TPSA) is 92.3 Å². The molecule has 0 N–H and O–H groups in total. The molecule has 3 atom stereocenters. The number of piperidine rings is 1. The number of fused-ring (bicyclic) bond motifs is 2. The Hall–Kier alpha value is -3.06. The quantitative estimate of drug-likeness (QED) is 0.402. The molecule has 2 aliphatic heterocycles. The van der Waals surface area contributed by atoms with Crippen molar-refractivity contribution in [3.05, 3.63) is 47.7 Å². The van der Waals surface area contributed by atoms with Crippen LogP contribution in [0.3, 0.4) is 0 Å². The summed E-state index contributed by atoms with van der Waals surface area (Å²) in [6.07, 6.45) is 3.91. The molecule has 5 rings (SSSR count). The van der Waals surface area contributed by atoms with Gasteiger partial charge in [-0.15, -0.1) is 0 Å². The smallest absolute Gasteiger partial charge is 0.496 e. The molecule has 2 saturated heterocycles. The lowest BCUT2D eigenvalue weighted by atomic mass is 9.72. The molecular weight excluding hydrogens is 537 g/mol. The number of likely N-dealkylation sites (N-methyl/N-ethyl adjacent to an activating group) is 1. The summed E-state index contributed by atoms with van der Waals surface area (Å²) in [5, 5.41) is 0. The van der Waals surface area contributed by atoms with Crippen LogP contribution in [0.15, 0.2) is 36.5 Å². The lowest BCUT2D eigenvalue weighted by molar-refractivity contribution is -0.139. The van der Waals surface area contributed by atoms with Crippen molar-refractivity contribution < 1.29 is 35.3 Å². The second kappa shape index (κ2) is 10.5. The van der Waals surface area contributed by atoms with Crippen LogP contribution < -0.4 is 13.8 Å². The van der Waals surface area contributed by atoms with Gasteiger partial charge in [-0.2, -0.15) is 21.6 Å². The standard InChI is InChI=1S/C26H31F3N4O5S/c1-31-16-19(13-18-14-20-17(15-21(18)31)5-3-6-22(20)37-2)25(34)33-11-9-32(10-12-33)24-23(7-4-8-30-24)38-39(35,36)26(27,28)29/h3-8,18-19,21H,9-16H2,1-2H3/t18-,19-,21-/m1/s1. The zero-order valence-corrected chi connectivity index (χ0v) is 22.5. The molecule has 13 heteroatoms. The van der Waals surface area contributed by atoms with Gasteiger partial charge < -0.3 is 23.6 Å². The molecule has 0 bridgehead atoms. The molecule has 0 radical (unpaired) electrons. The van der Waals surface area contributed by atoms with Gasteiger partial charge in [0.15, 0.2) is 11.6 Å². The van der Waals surface area contributed by atoms with Gasteiger partial charge in [-0.3, -0.25) is 4.79 Å². The normalized spacial score (nSPS) is 24.1. The fraction of sp³-hybridized carbons (Fsp3) is 0.538. The van der Waals surface area contributed by atoms with Gasteiger partial charge in [-0.05, 0) is 61.6 Å². The average Bonchev–Trinajstić information content (AvgIpc) is 2.91. The Bertz CT molecular complexity index is 1330. The van der Waals surface area contributed by atoms with Crippen LogP contribution in [-0.4, -0.2) is 87.5 Å². The van der Waals surface area contributed by atoms with Crippen LogP contribution >= 0.6 is 0 Å². The maximum Gasteiger partial charge on any atom is 0.534 e. The SMILES string of the molecule is COc1cccc2c1C[C@H]1C[C@@H](C(=O)N3CCN(c4ncccc4OS(=O)(=O)C(F)(F)F)CC3)CN(C)[C@@H]1C2. The largest absolute Gasteiger partial charge is 0.534 e. The summed E-state index contributed by atoms with van der Waals surface area (Å²) in [5.41, 5.74) is -3.04. The van der Waals surface area contributed by atoms with E-state index in [0.717, 1.165) is 31.1 Å². The average molecular weight is 569 g/mol. The number of carbonyl (C=O) groups excluding carboxylic acids is 1. The molecule has 0 spiro atoms. The maximum atomic E-state index is 13.6. The number of hydrogen-bond acceptors (Lipinski definition) is 8. The first kappa shape index (κ1) is 27.5. The lowest BCUT2D eigenvalue weighted by Gasteiger charge is -2.47. The summed E-state index contributed by atoms with van der Waals surface area (Å²) in [6, 6.07) is 8.94. The first-order chi connectivity index (χ1) is 18.5. The van der Waals surface area contributed by atoms with E-state index in [2.05, 4.69) is 27.2 Å². The molecule has 9 nitrogen and oxygen atoms in total. The number of likely N-dealkylation sites (tertiary alicyclic amines) is 1. The van der Waals surface area contributed by atoms with Crippen molar-refractivity contribution in [2.75, 3.05) is 51.8 Å². The highest BCUT2D eigenvalue weighted by atomic mass is 32.2. The van der Waals surface area contributed by atoms with Gasteiger partial charge in [-0.1, -0.05) is 12.1 Å². The van der Waals surface area contributed by atoms with Gasteiger partial charge in [-0.25, -0.2) is 4.98 Å². The van der Waals surface area contributed by atoms with E-state index in [4.69, 9.17) is 4.74 Å². The monoisotopic (exact) mass is 568 g/mol. The third-order valence-electron chi connectivity index (χ3n) is 8.03. The van der Waals surface area contributed by atoms with Gasteiger partial charge in [0.1, 0.15) is 5.75 Å². The van der Waals surface area contributed by atoms with E-state index in [0.29, 0.717) is 31.6 Å². The van der Waals surface area contributed by atoms with Gasteiger partial charge in [0.2, 0.25) is 5.91 Å². The Labute approximate surface area is 225 Å². The molecule has 3 heterocycles.